The summed E-state index contributed by atoms with van der Waals surface area (Å²) in [4.78, 5) is 14.5. The molecule has 0 aromatic heterocycles. The highest BCUT2D eigenvalue weighted by Gasteiger charge is 2.20. The van der Waals surface area contributed by atoms with Crippen LogP contribution in [-0.2, 0) is 11.2 Å². The summed E-state index contributed by atoms with van der Waals surface area (Å²) in [7, 11) is 0. The average molecular weight is 313 g/mol. The minimum absolute atomic E-state index is 0.118. The van der Waals surface area contributed by atoms with E-state index >= 15 is 0 Å². The molecule has 0 saturated carbocycles. The number of amides is 1. The number of rotatable bonds is 5. The largest absolute Gasteiger partial charge is 0.372 e. The third-order valence-corrected chi connectivity index (χ3v) is 3.83. The quantitative estimate of drug-likeness (QED) is 0.659. The first-order chi connectivity index (χ1) is 10.7. The van der Waals surface area contributed by atoms with Gasteiger partial charge in [-0.3, -0.25) is 4.79 Å². The highest BCUT2D eigenvalue weighted by Crippen LogP contribution is 2.22. The van der Waals surface area contributed by atoms with Gasteiger partial charge in [0.1, 0.15) is 11.6 Å². The molecule has 0 spiro atoms. The van der Waals surface area contributed by atoms with Crippen molar-refractivity contribution in [3.8, 4) is 6.07 Å². The molecule has 0 radical (unpaired) electrons. The van der Waals surface area contributed by atoms with E-state index in [1.807, 2.05) is 49.9 Å². The van der Waals surface area contributed by atoms with Crippen LogP contribution in [0.1, 0.15) is 45.7 Å². The van der Waals surface area contributed by atoms with Crippen molar-refractivity contribution < 1.29 is 4.79 Å². The second-order valence-corrected chi connectivity index (χ2v) is 6.53. The first-order valence-corrected chi connectivity index (χ1v) is 8.03. The number of aryl methyl sites for hydroxylation is 2. The fourth-order valence-electron chi connectivity index (χ4n) is 2.44. The van der Waals surface area contributed by atoms with Crippen LogP contribution in [0.2, 0.25) is 0 Å². The lowest BCUT2D eigenvalue weighted by Crippen LogP contribution is -2.37. The Kier molecular flexibility index (Phi) is 6.38. The smallest absolute Gasteiger partial charge is 0.267 e. The number of anilines is 1. The Balaban J connectivity index is 3.11. The molecule has 124 valence electrons. The molecular formula is C19H27N3O. The minimum Gasteiger partial charge on any atom is -0.372 e. The van der Waals surface area contributed by atoms with Crippen LogP contribution < -0.4 is 5.32 Å². The first kappa shape index (κ1) is 18.8. The maximum atomic E-state index is 12.5. The fraction of sp³-hybridized carbons (Fsp3) is 0.474. The topological polar surface area (TPSA) is 56.1 Å². The van der Waals surface area contributed by atoms with E-state index < -0.39 is 0 Å². The molecule has 0 atom stereocenters. The van der Waals surface area contributed by atoms with Crippen molar-refractivity contribution in [2.24, 2.45) is 0 Å². The predicted octanol–water partition coefficient (Wildman–Crippen LogP) is 4.02. The SMILES string of the molecule is CCc1cccc(C)c1NC(=O)/C(C#N)=C\N(CC)C(C)(C)C. The average Bonchev–Trinajstić information content (AvgIpc) is 2.48. The van der Waals surface area contributed by atoms with Crippen molar-refractivity contribution in [2.75, 3.05) is 11.9 Å². The van der Waals surface area contributed by atoms with Gasteiger partial charge in [0.25, 0.3) is 5.91 Å². The Bertz CT molecular complexity index is 633. The molecular weight excluding hydrogens is 286 g/mol. The van der Waals surface area contributed by atoms with Crippen LogP contribution in [-0.4, -0.2) is 22.9 Å². The third kappa shape index (κ3) is 4.85. The normalized spacial score (nSPS) is 11.8. The summed E-state index contributed by atoms with van der Waals surface area (Å²) >= 11 is 0. The van der Waals surface area contributed by atoms with Gasteiger partial charge in [0, 0.05) is 24.0 Å². The molecule has 0 unspecified atom stereocenters. The number of hydrogen-bond acceptors (Lipinski definition) is 3. The van der Waals surface area contributed by atoms with Gasteiger partial charge in [-0.1, -0.05) is 25.1 Å². The number of carbonyl (C=O) groups excluding carboxylic acids is 1. The molecule has 1 amide bonds. The van der Waals surface area contributed by atoms with Crippen molar-refractivity contribution in [3.63, 3.8) is 0 Å². The zero-order valence-corrected chi connectivity index (χ0v) is 15.0. The lowest BCUT2D eigenvalue weighted by molar-refractivity contribution is -0.112. The van der Waals surface area contributed by atoms with Gasteiger partial charge in [-0.05, 0) is 52.2 Å². The van der Waals surface area contributed by atoms with Crippen molar-refractivity contribution >= 4 is 11.6 Å². The van der Waals surface area contributed by atoms with Crippen molar-refractivity contribution in [2.45, 2.75) is 53.5 Å². The summed E-state index contributed by atoms with van der Waals surface area (Å²) in [5, 5.41) is 12.3. The van der Waals surface area contributed by atoms with Crippen LogP contribution in [0.5, 0.6) is 0 Å². The molecule has 0 aliphatic heterocycles. The van der Waals surface area contributed by atoms with Gasteiger partial charge in [0.2, 0.25) is 0 Å². The molecule has 1 N–H and O–H groups in total. The highest BCUT2D eigenvalue weighted by atomic mass is 16.1. The van der Waals surface area contributed by atoms with E-state index in [-0.39, 0.29) is 17.0 Å². The second kappa shape index (κ2) is 7.82. The summed E-state index contributed by atoms with van der Waals surface area (Å²) in [6.07, 6.45) is 2.48. The Labute approximate surface area is 139 Å². The van der Waals surface area contributed by atoms with Crippen LogP contribution in [0.3, 0.4) is 0 Å². The molecule has 4 nitrogen and oxygen atoms in total. The highest BCUT2D eigenvalue weighted by molar-refractivity contribution is 6.07. The zero-order valence-electron chi connectivity index (χ0n) is 15.0. The van der Waals surface area contributed by atoms with E-state index in [2.05, 4.69) is 26.1 Å². The van der Waals surface area contributed by atoms with Crippen LogP contribution >= 0.6 is 0 Å². The van der Waals surface area contributed by atoms with Crippen LogP contribution in [0, 0.1) is 18.3 Å². The van der Waals surface area contributed by atoms with E-state index in [0.29, 0.717) is 0 Å². The number of nitrogens with zero attached hydrogens (tertiary/aromatic N) is 2. The van der Waals surface area contributed by atoms with Crippen molar-refractivity contribution in [1.82, 2.24) is 4.90 Å². The summed E-state index contributed by atoms with van der Waals surface area (Å²) in [5.41, 5.74) is 2.85. The number of hydrogen-bond donors (Lipinski definition) is 1. The van der Waals surface area contributed by atoms with E-state index in [0.717, 1.165) is 29.8 Å². The summed E-state index contributed by atoms with van der Waals surface area (Å²) in [6, 6.07) is 7.95. The van der Waals surface area contributed by atoms with Crippen LogP contribution in [0.15, 0.2) is 30.0 Å². The standard InChI is InChI=1S/C19H27N3O/c1-7-15-11-9-10-14(3)17(15)21-18(23)16(12-20)13-22(8-2)19(4,5)6/h9-11,13H,7-8H2,1-6H3,(H,21,23)/b16-13-. The first-order valence-electron chi connectivity index (χ1n) is 8.03. The lowest BCUT2D eigenvalue weighted by atomic mass is 10.0. The van der Waals surface area contributed by atoms with Gasteiger partial charge < -0.3 is 10.2 Å². The number of carbonyl (C=O) groups is 1. The summed E-state index contributed by atoms with van der Waals surface area (Å²) < 4.78 is 0. The van der Waals surface area contributed by atoms with E-state index in [4.69, 9.17) is 0 Å². The summed E-state index contributed by atoms with van der Waals surface area (Å²) in [5.74, 6) is -0.362. The Morgan fingerprint density at radius 2 is 2.00 bits per heavy atom. The minimum atomic E-state index is -0.362. The van der Waals surface area contributed by atoms with Gasteiger partial charge in [-0.15, -0.1) is 0 Å². The summed E-state index contributed by atoms with van der Waals surface area (Å²) in [6.45, 7) is 12.9. The van der Waals surface area contributed by atoms with E-state index in [9.17, 15) is 10.1 Å². The van der Waals surface area contributed by atoms with E-state index in [1.165, 1.54) is 0 Å². The molecule has 0 bridgehead atoms. The molecule has 1 aromatic rings. The maximum absolute atomic E-state index is 12.5. The van der Waals surface area contributed by atoms with Crippen molar-refractivity contribution in [1.29, 1.82) is 5.26 Å². The maximum Gasteiger partial charge on any atom is 0.267 e. The van der Waals surface area contributed by atoms with Gasteiger partial charge in [-0.2, -0.15) is 5.26 Å². The monoisotopic (exact) mass is 313 g/mol. The number of para-hydroxylation sites is 1. The van der Waals surface area contributed by atoms with E-state index in [1.54, 1.807) is 6.20 Å². The van der Waals surface area contributed by atoms with Gasteiger partial charge in [0.15, 0.2) is 0 Å². The number of nitriles is 1. The Hall–Kier alpha value is -2.28. The molecule has 0 heterocycles. The lowest BCUT2D eigenvalue weighted by Gasteiger charge is -2.33. The molecule has 23 heavy (non-hydrogen) atoms. The van der Waals surface area contributed by atoms with Gasteiger partial charge >= 0.3 is 0 Å². The molecule has 1 aromatic carbocycles. The zero-order chi connectivity index (χ0) is 17.6. The Morgan fingerprint density at radius 1 is 1.35 bits per heavy atom. The molecule has 0 fully saturated rings. The molecule has 1 rings (SSSR count). The second-order valence-electron chi connectivity index (χ2n) is 6.53. The van der Waals surface area contributed by atoms with Gasteiger partial charge in [0.05, 0.1) is 0 Å². The number of nitrogens with one attached hydrogen (secondary N) is 1. The third-order valence-electron chi connectivity index (χ3n) is 3.83. The molecule has 4 heteroatoms. The number of benzene rings is 1. The van der Waals surface area contributed by atoms with Gasteiger partial charge in [-0.25, -0.2) is 0 Å². The fourth-order valence-corrected chi connectivity index (χ4v) is 2.44. The molecule has 0 aliphatic carbocycles. The van der Waals surface area contributed by atoms with Crippen LogP contribution in [0.25, 0.3) is 0 Å². The van der Waals surface area contributed by atoms with Crippen LogP contribution in [0.4, 0.5) is 5.69 Å². The molecule has 0 saturated heterocycles. The predicted molar refractivity (Wildman–Crippen MR) is 95.0 cm³/mol. The molecule has 0 aliphatic rings. The van der Waals surface area contributed by atoms with Crippen molar-refractivity contribution in [3.05, 3.63) is 41.1 Å². The Morgan fingerprint density at radius 3 is 2.48 bits per heavy atom.